The Balaban J connectivity index is 1.42. The first-order valence-electron chi connectivity index (χ1n) is 12.1. The standard InChI is InChI=1S/C26H38N2O3/c1-16(25(31)27-19-9-10-19)20-11-13-26(3)14-12-21(17(2)23(26)24(20)30)28-22(29)15-18-7-5-4-6-8-18/h4-8,16-17,19-21,23-24,30H,9-15H2,1-3H3,(H,27,31)(H,28,29). The van der Waals surface area contributed by atoms with E-state index in [0.717, 1.165) is 44.1 Å². The van der Waals surface area contributed by atoms with Crippen molar-refractivity contribution in [3.63, 3.8) is 0 Å². The summed E-state index contributed by atoms with van der Waals surface area (Å²) in [5, 5.41) is 17.8. The van der Waals surface area contributed by atoms with E-state index in [1.165, 1.54) is 0 Å². The number of benzene rings is 1. The molecule has 4 rings (SSSR count). The zero-order valence-corrected chi connectivity index (χ0v) is 19.1. The van der Waals surface area contributed by atoms with E-state index in [2.05, 4.69) is 24.5 Å². The number of carbonyl (C=O) groups excluding carboxylic acids is 2. The van der Waals surface area contributed by atoms with Crippen LogP contribution < -0.4 is 10.6 Å². The van der Waals surface area contributed by atoms with Crippen molar-refractivity contribution in [2.45, 2.75) is 83.9 Å². The molecule has 0 aromatic heterocycles. The van der Waals surface area contributed by atoms with Crippen molar-refractivity contribution in [3.05, 3.63) is 35.9 Å². The van der Waals surface area contributed by atoms with Gasteiger partial charge in [0.15, 0.2) is 0 Å². The molecule has 0 aliphatic heterocycles. The summed E-state index contributed by atoms with van der Waals surface area (Å²) < 4.78 is 0. The van der Waals surface area contributed by atoms with Crippen LogP contribution in [0.1, 0.15) is 64.9 Å². The Morgan fingerprint density at radius 1 is 1.10 bits per heavy atom. The second-order valence-electron chi connectivity index (χ2n) is 10.7. The monoisotopic (exact) mass is 426 g/mol. The lowest BCUT2D eigenvalue weighted by molar-refractivity contribution is -0.143. The normalized spacial score (nSPS) is 36.2. The van der Waals surface area contributed by atoms with Crippen molar-refractivity contribution in [1.82, 2.24) is 10.6 Å². The highest BCUT2D eigenvalue weighted by atomic mass is 16.3. The van der Waals surface area contributed by atoms with Crippen molar-refractivity contribution < 1.29 is 14.7 Å². The van der Waals surface area contributed by atoms with Crippen LogP contribution in [-0.4, -0.2) is 35.1 Å². The van der Waals surface area contributed by atoms with Gasteiger partial charge in [0, 0.05) is 18.0 Å². The van der Waals surface area contributed by atoms with E-state index < -0.39 is 6.10 Å². The van der Waals surface area contributed by atoms with Crippen LogP contribution in [0.15, 0.2) is 30.3 Å². The zero-order valence-electron chi connectivity index (χ0n) is 19.1. The lowest BCUT2D eigenvalue weighted by Crippen LogP contribution is -2.58. The fraction of sp³-hybridized carbons (Fsp3) is 0.692. The van der Waals surface area contributed by atoms with E-state index in [0.29, 0.717) is 12.5 Å². The molecular formula is C26H38N2O3. The van der Waals surface area contributed by atoms with E-state index in [1.807, 2.05) is 37.3 Å². The molecule has 0 spiro atoms. The fourth-order valence-corrected chi connectivity index (χ4v) is 6.29. The van der Waals surface area contributed by atoms with Gasteiger partial charge >= 0.3 is 0 Å². The van der Waals surface area contributed by atoms with Gasteiger partial charge in [-0.3, -0.25) is 9.59 Å². The fourth-order valence-electron chi connectivity index (χ4n) is 6.29. The maximum atomic E-state index is 12.7. The van der Waals surface area contributed by atoms with Gasteiger partial charge in [-0.1, -0.05) is 51.1 Å². The molecule has 3 N–H and O–H groups in total. The van der Waals surface area contributed by atoms with Crippen molar-refractivity contribution in [1.29, 1.82) is 0 Å². The van der Waals surface area contributed by atoms with Gasteiger partial charge in [-0.05, 0) is 67.3 Å². The van der Waals surface area contributed by atoms with Gasteiger partial charge in [-0.2, -0.15) is 0 Å². The predicted octanol–water partition coefficient (Wildman–Crippen LogP) is 3.45. The van der Waals surface area contributed by atoms with Crippen LogP contribution in [0.3, 0.4) is 0 Å². The Hall–Kier alpha value is -1.88. The van der Waals surface area contributed by atoms with Crippen LogP contribution in [0.5, 0.6) is 0 Å². The number of hydrogen-bond acceptors (Lipinski definition) is 3. The molecule has 7 unspecified atom stereocenters. The number of nitrogens with one attached hydrogen (secondary N) is 2. The number of aliphatic hydroxyl groups excluding tert-OH is 1. The van der Waals surface area contributed by atoms with Crippen molar-refractivity contribution in [2.75, 3.05) is 0 Å². The molecule has 2 amide bonds. The minimum Gasteiger partial charge on any atom is -0.392 e. The summed E-state index contributed by atoms with van der Waals surface area (Å²) in [4.78, 5) is 25.4. The molecule has 5 nitrogen and oxygen atoms in total. The van der Waals surface area contributed by atoms with E-state index in [4.69, 9.17) is 0 Å². The van der Waals surface area contributed by atoms with Crippen LogP contribution in [0.4, 0.5) is 0 Å². The summed E-state index contributed by atoms with van der Waals surface area (Å²) in [6.45, 7) is 6.45. The van der Waals surface area contributed by atoms with E-state index in [9.17, 15) is 14.7 Å². The molecule has 0 bridgehead atoms. The molecule has 0 radical (unpaired) electrons. The van der Waals surface area contributed by atoms with Crippen LogP contribution in [0.25, 0.3) is 0 Å². The molecule has 3 saturated carbocycles. The number of amides is 2. The Morgan fingerprint density at radius 3 is 2.45 bits per heavy atom. The molecule has 170 valence electrons. The Labute approximate surface area is 186 Å². The largest absolute Gasteiger partial charge is 0.392 e. The molecule has 1 aromatic rings. The van der Waals surface area contributed by atoms with E-state index >= 15 is 0 Å². The summed E-state index contributed by atoms with van der Waals surface area (Å²) in [5.74, 6) is 0.212. The topological polar surface area (TPSA) is 78.4 Å². The molecule has 3 aliphatic rings. The lowest BCUT2D eigenvalue weighted by Gasteiger charge is -2.56. The molecule has 0 heterocycles. The van der Waals surface area contributed by atoms with Crippen molar-refractivity contribution in [3.8, 4) is 0 Å². The highest BCUT2D eigenvalue weighted by molar-refractivity contribution is 5.79. The Kier molecular flexibility index (Phi) is 6.43. The van der Waals surface area contributed by atoms with Crippen LogP contribution in [0.2, 0.25) is 0 Å². The average Bonchev–Trinajstić information content (AvgIpc) is 3.54. The number of aliphatic hydroxyl groups is 1. The lowest BCUT2D eigenvalue weighted by atomic mass is 9.51. The van der Waals surface area contributed by atoms with Crippen molar-refractivity contribution >= 4 is 11.8 Å². The first kappa shape index (κ1) is 22.3. The highest BCUT2D eigenvalue weighted by Crippen LogP contribution is 2.55. The minimum absolute atomic E-state index is 0.0157. The number of rotatable bonds is 6. The van der Waals surface area contributed by atoms with Gasteiger partial charge in [0.25, 0.3) is 0 Å². The number of hydrogen-bond donors (Lipinski definition) is 3. The van der Waals surface area contributed by atoms with Crippen LogP contribution >= 0.6 is 0 Å². The third-order valence-electron chi connectivity index (χ3n) is 8.42. The minimum atomic E-state index is -0.512. The Morgan fingerprint density at radius 2 is 1.77 bits per heavy atom. The summed E-state index contributed by atoms with van der Waals surface area (Å²) in [6, 6.07) is 10.2. The van der Waals surface area contributed by atoms with Crippen LogP contribution in [-0.2, 0) is 16.0 Å². The first-order valence-corrected chi connectivity index (χ1v) is 12.1. The smallest absolute Gasteiger partial charge is 0.224 e. The molecule has 3 aliphatic carbocycles. The first-order chi connectivity index (χ1) is 14.8. The number of fused-ring (bicyclic) bond motifs is 1. The summed E-state index contributed by atoms with van der Waals surface area (Å²) >= 11 is 0. The molecule has 7 atom stereocenters. The molecule has 5 heteroatoms. The molecule has 31 heavy (non-hydrogen) atoms. The average molecular weight is 427 g/mol. The Bertz CT molecular complexity index is 793. The molecule has 3 fully saturated rings. The maximum Gasteiger partial charge on any atom is 0.224 e. The van der Waals surface area contributed by atoms with Crippen molar-refractivity contribution in [2.24, 2.45) is 29.1 Å². The summed E-state index contributed by atoms with van der Waals surface area (Å²) in [6.07, 6.45) is 5.91. The highest BCUT2D eigenvalue weighted by Gasteiger charge is 2.54. The quantitative estimate of drug-likeness (QED) is 0.652. The van der Waals surface area contributed by atoms with Gasteiger partial charge in [0.05, 0.1) is 12.5 Å². The van der Waals surface area contributed by atoms with Gasteiger partial charge in [-0.25, -0.2) is 0 Å². The van der Waals surface area contributed by atoms with Gasteiger partial charge in [0.2, 0.25) is 11.8 Å². The van der Waals surface area contributed by atoms with E-state index in [-0.39, 0.29) is 46.9 Å². The zero-order chi connectivity index (χ0) is 22.2. The van der Waals surface area contributed by atoms with Gasteiger partial charge in [0.1, 0.15) is 0 Å². The molecule has 1 aromatic carbocycles. The number of carbonyl (C=O) groups is 2. The second-order valence-corrected chi connectivity index (χ2v) is 10.7. The van der Waals surface area contributed by atoms with Crippen LogP contribution in [0, 0.1) is 29.1 Å². The van der Waals surface area contributed by atoms with Gasteiger partial charge < -0.3 is 15.7 Å². The third-order valence-corrected chi connectivity index (χ3v) is 8.42. The molecular weight excluding hydrogens is 388 g/mol. The third kappa shape index (κ3) is 4.82. The molecule has 0 saturated heterocycles. The van der Waals surface area contributed by atoms with E-state index in [1.54, 1.807) is 0 Å². The maximum absolute atomic E-state index is 12.7. The van der Waals surface area contributed by atoms with Gasteiger partial charge in [-0.15, -0.1) is 0 Å². The second kappa shape index (κ2) is 8.93. The predicted molar refractivity (Wildman–Crippen MR) is 121 cm³/mol. The summed E-state index contributed by atoms with van der Waals surface area (Å²) in [5.41, 5.74) is 1.09. The summed E-state index contributed by atoms with van der Waals surface area (Å²) in [7, 11) is 0. The SMILES string of the molecule is CC(C(=O)NC1CC1)C1CCC2(C)CCC(NC(=O)Cc3ccccc3)C(C)C2C1O.